The first-order valence-corrected chi connectivity index (χ1v) is 8.30. The highest BCUT2D eigenvalue weighted by atomic mass is 35.5. The smallest absolute Gasteiger partial charge is 0.315 e. The van der Waals surface area contributed by atoms with E-state index >= 15 is 0 Å². The van der Waals surface area contributed by atoms with Crippen LogP contribution in [0, 0.1) is 6.92 Å². The van der Waals surface area contributed by atoms with Crippen molar-refractivity contribution < 1.29 is 9.32 Å². The number of halogens is 2. The molecule has 3 rings (SSSR count). The summed E-state index contributed by atoms with van der Waals surface area (Å²) in [5, 5.41) is 10.5. The maximum atomic E-state index is 12.0. The van der Waals surface area contributed by atoms with Gasteiger partial charge in [-0.05, 0) is 31.5 Å². The Morgan fingerprint density at radius 2 is 2.29 bits per heavy atom. The quantitative estimate of drug-likeness (QED) is 0.865. The minimum atomic E-state index is -0.264. The van der Waals surface area contributed by atoms with E-state index in [0.29, 0.717) is 28.3 Å². The highest BCUT2D eigenvalue weighted by molar-refractivity contribution is 6.36. The molecule has 2 N–H and O–H groups in total. The summed E-state index contributed by atoms with van der Waals surface area (Å²) < 4.78 is 4.95. The predicted molar refractivity (Wildman–Crippen MR) is 91.5 cm³/mol. The summed E-state index contributed by atoms with van der Waals surface area (Å²) in [6.45, 7) is 3.43. The lowest BCUT2D eigenvalue weighted by atomic mass is 10.3. The molecule has 0 bridgehead atoms. The van der Waals surface area contributed by atoms with Crippen LogP contribution < -0.4 is 15.5 Å². The first kappa shape index (κ1) is 16.9. The van der Waals surface area contributed by atoms with Gasteiger partial charge in [0.15, 0.2) is 5.82 Å². The molecule has 0 radical (unpaired) electrons. The van der Waals surface area contributed by atoms with Crippen molar-refractivity contribution in [2.24, 2.45) is 0 Å². The molecule has 0 saturated carbocycles. The Morgan fingerprint density at radius 3 is 3.00 bits per heavy atom. The average molecular weight is 370 g/mol. The molecule has 2 heterocycles. The van der Waals surface area contributed by atoms with E-state index in [2.05, 4.69) is 25.7 Å². The number of rotatable bonds is 4. The van der Waals surface area contributed by atoms with E-state index in [-0.39, 0.29) is 18.6 Å². The van der Waals surface area contributed by atoms with Gasteiger partial charge in [0.1, 0.15) is 0 Å². The number of benzene rings is 1. The summed E-state index contributed by atoms with van der Waals surface area (Å²) in [6.07, 6.45) is 0.839. The second-order valence-electron chi connectivity index (χ2n) is 5.59. The lowest BCUT2D eigenvalue weighted by molar-refractivity contribution is 0.235. The fourth-order valence-corrected chi connectivity index (χ4v) is 3.17. The van der Waals surface area contributed by atoms with E-state index in [1.807, 2.05) is 12.1 Å². The first-order valence-electron chi connectivity index (χ1n) is 7.55. The Kier molecular flexibility index (Phi) is 5.11. The van der Waals surface area contributed by atoms with Gasteiger partial charge in [0.2, 0.25) is 5.89 Å². The van der Waals surface area contributed by atoms with Gasteiger partial charge in [-0.25, -0.2) is 4.79 Å². The first-order chi connectivity index (χ1) is 11.5. The standard InChI is InChI=1S/C15H17Cl2N5O2/c1-9-19-14(24-21-9)7-18-15(23)20-11-4-5-22(8-11)13-3-2-10(16)6-12(13)17/h2-3,6,11H,4-5,7-8H2,1H3,(H2,18,20,23). The van der Waals surface area contributed by atoms with Crippen LogP contribution in [0.15, 0.2) is 22.7 Å². The highest BCUT2D eigenvalue weighted by Gasteiger charge is 2.25. The van der Waals surface area contributed by atoms with E-state index in [4.69, 9.17) is 27.7 Å². The molecule has 1 fully saturated rings. The maximum Gasteiger partial charge on any atom is 0.315 e. The van der Waals surface area contributed by atoms with Crippen molar-refractivity contribution in [3.8, 4) is 0 Å². The number of aromatic nitrogens is 2. The minimum absolute atomic E-state index is 0.0427. The van der Waals surface area contributed by atoms with E-state index in [1.165, 1.54) is 0 Å². The molecule has 1 aromatic heterocycles. The monoisotopic (exact) mass is 369 g/mol. The van der Waals surface area contributed by atoms with Gasteiger partial charge in [0.25, 0.3) is 0 Å². The number of nitrogens with zero attached hydrogens (tertiary/aromatic N) is 3. The van der Waals surface area contributed by atoms with Crippen molar-refractivity contribution in [3.05, 3.63) is 40.0 Å². The molecular formula is C15H17Cl2N5O2. The normalized spacial score (nSPS) is 17.1. The van der Waals surface area contributed by atoms with Gasteiger partial charge in [0, 0.05) is 24.2 Å². The second kappa shape index (κ2) is 7.27. The lowest BCUT2D eigenvalue weighted by Gasteiger charge is -2.20. The number of urea groups is 1. The Hall–Kier alpha value is -1.99. The molecular weight excluding hydrogens is 353 g/mol. The number of nitrogens with one attached hydrogen (secondary N) is 2. The molecule has 9 heteroatoms. The summed E-state index contributed by atoms with van der Waals surface area (Å²) in [5.74, 6) is 0.919. The molecule has 24 heavy (non-hydrogen) atoms. The Morgan fingerprint density at radius 1 is 1.46 bits per heavy atom. The van der Waals surface area contributed by atoms with Crippen molar-refractivity contribution in [3.63, 3.8) is 0 Å². The third-order valence-corrected chi connectivity index (χ3v) is 4.28. The van der Waals surface area contributed by atoms with Crippen molar-refractivity contribution in [1.82, 2.24) is 20.8 Å². The fraction of sp³-hybridized carbons (Fsp3) is 0.400. The molecule has 7 nitrogen and oxygen atoms in total. The van der Waals surface area contributed by atoms with E-state index in [9.17, 15) is 4.79 Å². The largest absolute Gasteiger partial charge is 0.368 e. The van der Waals surface area contributed by atoms with Gasteiger partial charge in [0.05, 0.1) is 17.3 Å². The number of amides is 2. The van der Waals surface area contributed by atoms with Crippen LogP contribution >= 0.6 is 23.2 Å². The summed E-state index contributed by atoms with van der Waals surface area (Å²) in [6, 6.07) is 5.20. The average Bonchev–Trinajstić information content (AvgIpc) is 3.14. The molecule has 1 aliphatic heterocycles. The predicted octanol–water partition coefficient (Wildman–Crippen LogP) is 2.76. The number of carbonyl (C=O) groups excluding carboxylic acids is 1. The lowest BCUT2D eigenvalue weighted by Crippen LogP contribution is -2.43. The van der Waals surface area contributed by atoms with Gasteiger partial charge in [-0.15, -0.1) is 0 Å². The van der Waals surface area contributed by atoms with Crippen molar-refractivity contribution in [1.29, 1.82) is 0 Å². The van der Waals surface area contributed by atoms with Crippen molar-refractivity contribution >= 4 is 34.9 Å². The van der Waals surface area contributed by atoms with Gasteiger partial charge in [-0.2, -0.15) is 4.98 Å². The molecule has 1 atom stereocenters. The van der Waals surface area contributed by atoms with Crippen LogP contribution in [0.2, 0.25) is 10.0 Å². The zero-order chi connectivity index (χ0) is 17.1. The summed E-state index contributed by atoms with van der Waals surface area (Å²) >= 11 is 12.2. The maximum absolute atomic E-state index is 12.0. The molecule has 0 aliphatic carbocycles. The summed E-state index contributed by atoms with van der Waals surface area (Å²) in [5.41, 5.74) is 0.923. The molecule has 2 amide bonds. The Labute approximate surface area is 149 Å². The number of carbonyl (C=O) groups is 1. The van der Waals surface area contributed by atoms with Crippen LogP contribution in [0.1, 0.15) is 18.1 Å². The van der Waals surface area contributed by atoms with E-state index < -0.39 is 0 Å². The van der Waals surface area contributed by atoms with Gasteiger partial charge in [-0.1, -0.05) is 28.4 Å². The minimum Gasteiger partial charge on any atom is -0.368 e. The number of anilines is 1. The van der Waals surface area contributed by atoms with Crippen molar-refractivity contribution in [2.45, 2.75) is 25.9 Å². The molecule has 1 aliphatic rings. The fourth-order valence-electron chi connectivity index (χ4n) is 2.64. The highest BCUT2D eigenvalue weighted by Crippen LogP contribution is 2.31. The van der Waals surface area contributed by atoms with Gasteiger partial charge in [-0.3, -0.25) is 0 Å². The summed E-state index contributed by atoms with van der Waals surface area (Å²) in [7, 11) is 0. The second-order valence-corrected chi connectivity index (χ2v) is 6.43. The van der Waals surface area contributed by atoms with Crippen LogP contribution in [0.5, 0.6) is 0 Å². The summed E-state index contributed by atoms with van der Waals surface area (Å²) in [4.78, 5) is 18.1. The Bertz CT molecular complexity index is 736. The number of aryl methyl sites for hydroxylation is 1. The number of hydrogen-bond acceptors (Lipinski definition) is 5. The third kappa shape index (κ3) is 4.10. The van der Waals surface area contributed by atoms with Crippen LogP contribution in [0.25, 0.3) is 0 Å². The zero-order valence-electron chi connectivity index (χ0n) is 13.1. The van der Waals surface area contributed by atoms with E-state index in [0.717, 1.165) is 18.7 Å². The topological polar surface area (TPSA) is 83.3 Å². The molecule has 1 saturated heterocycles. The molecule has 0 spiro atoms. The molecule has 128 valence electrons. The molecule has 2 aromatic rings. The molecule has 1 aromatic carbocycles. The number of hydrogen-bond donors (Lipinski definition) is 2. The van der Waals surface area contributed by atoms with Gasteiger partial charge < -0.3 is 20.1 Å². The van der Waals surface area contributed by atoms with Crippen LogP contribution in [-0.2, 0) is 6.54 Å². The van der Waals surface area contributed by atoms with Gasteiger partial charge >= 0.3 is 6.03 Å². The van der Waals surface area contributed by atoms with Crippen LogP contribution in [0.4, 0.5) is 10.5 Å². The van der Waals surface area contributed by atoms with E-state index in [1.54, 1.807) is 13.0 Å². The Balaban J connectivity index is 1.49. The zero-order valence-corrected chi connectivity index (χ0v) is 14.6. The third-order valence-electron chi connectivity index (χ3n) is 3.74. The van der Waals surface area contributed by atoms with Crippen molar-refractivity contribution in [2.75, 3.05) is 18.0 Å². The van der Waals surface area contributed by atoms with Crippen LogP contribution in [-0.4, -0.2) is 35.3 Å². The molecule has 1 unspecified atom stereocenters. The van der Waals surface area contributed by atoms with Crippen LogP contribution in [0.3, 0.4) is 0 Å². The SMILES string of the molecule is Cc1noc(CNC(=O)NC2CCN(c3ccc(Cl)cc3Cl)C2)n1.